The van der Waals surface area contributed by atoms with Crippen LogP contribution in [0.25, 0.3) is 0 Å². The van der Waals surface area contributed by atoms with Crippen LogP contribution in [0.15, 0.2) is 0 Å². The summed E-state index contributed by atoms with van der Waals surface area (Å²) in [5.74, 6) is 4.53. The van der Waals surface area contributed by atoms with Crippen molar-refractivity contribution in [2.24, 2.45) is 5.84 Å². The highest BCUT2D eigenvalue weighted by Crippen LogP contribution is 1.99. The van der Waals surface area contributed by atoms with E-state index in [-0.39, 0.29) is 13.0 Å². The first kappa shape index (κ1) is 6.03. The third-order valence-electron chi connectivity index (χ3n) is 0.992. The van der Waals surface area contributed by atoms with Crippen LogP contribution in [-0.4, -0.2) is 23.6 Å². The Bertz CT molecular complexity index is 156. The molecule has 5 nitrogen and oxygen atoms in total. The van der Waals surface area contributed by atoms with E-state index in [1.807, 2.05) is 0 Å². The van der Waals surface area contributed by atoms with E-state index >= 15 is 0 Å². The lowest BCUT2D eigenvalue weighted by molar-refractivity contribution is -0.141. The summed E-state index contributed by atoms with van der Waals surface area (Å²) < 4.78 is 4.12. The molecule has 1 fully saturated rings. The topological polar surface area (TPSA) is 72.6 Å². The van der Waals surface area contributed by atoms with E-state index in [2.05, 4.69) is 4.74 Å². The summed E-state index contributed by atoms with van der Waals surface area (Å²) in [6.07, 6.45) is -0.589. The van der Waals surface area contributed by atoms with Crippen molar-refractivity contribution in [3.63, 3.8) is 0 Å². The minimum atomic E-state index is -0.772. The van der Waals surface area contributed by atoms with Crippen molar-refractivity contribution in [1.82, 2.24) is 5.01 Å². The molecule has 0 aromatic heterocycles. The van der Waals surface area contributed by atoms with E-state index in [1.54, 1.807) is 0 Å². The molecule has 1 saturated heterocycles. The van der Waals surface area contributed by atoms with E-state index < -0.39 is 12.1 Å². The van der Waals surface area contributed by atoms with Crippen LogP contribution in [0.5, 0.6) is 0 Å². The average Bonchev–Trinajstić information content (AvgIpc) is 1.80. The molecule has 0 bridgehead atoms. The van der Waals surface area contributed by atoms with Gasteiger partial charge >= 0.3 is 12.1 Å². The van der Waals surface area contributed by atoms with Crippen molar-refractivity contribution in [1.29, 1.82) is 0 Å². The second kappa shape index (κ2) is 2.02. The molecule has 0 saturated carbocycles. The van der Waals surface area contributed by atoms with Gasteiger partial charge in [0, 0.05) is 0 Å². The van der Waals surface area contributed by atoms with Gasteiger partial charge in [-0.3, -0.25) is 4.79 Å². The number of nitrogens with zero attached hydrogens (tertiary/aromatic N) is 1. The Morgan fingerprint density at radius 3 is 2.67 bits per heavy atom. The molecule has 0 aromatic carbocycles. The van der Waals surface area contributed by atoms with Crippen molar-refractivity contribution in [2.45, 2.75) is 6.42 Å². The fourth-order valence-electron chi connectivity index (χ4n) is 0.510. The predicted octanol–water partition coefficient (Wildman–Crippen LogP) is -0.771. The number of amides is 1. The van der Waals surface area contributed by atoms with Crippen molar-refractivity contribution >= 4 is 12.1 Å². The fourth-order valence-corrected chi connectivity index (χ4v) is 0.510. The van der Waals surface area contributed by atoms with Gasteiger partial charge < -0.3 is 4.74 Å². The SMILES string of the molecule is NN1CCC(=O)OC1=O. The summed E-state index contributed by atoms with van der Waals surface area (Å²) in [4.78, 5) is 20.7. The summed E-state index contributed by atoms with van der Waals surface area (Å²) >= 11 is 0. The Kier molecular flexibility index (Phi) is 1.35. The highest BCUT2D eigenvalue weighted by Gasteiger charge is 2.22. The molecule has 1 amide bonds. The van der Waals surface area contributed by atoms with Gasteiger partial charge in [0.05, 0.1) is 13.0 Å². The smallest absolute Gasteiger partial charge is 0.375 e. The molecule has 0 atom stereocenters. The lowest BCUT2D eigenvalue weighted by atomic mass is 10.4. The number of hydrazine groups is 1. The minimum absolute atomic E-state index is 0.183. The van der Waals surface area contributed by atoms with E-state index in [0.717, 1.165) is 5.01 Å². The number of rotatable bonds is 0. The molecule has 2 N–H and O–H groups in total. The number of hydrogen-bond donors (Lipinski definition) is 1. The molecule has 1 rings (SSSR count). The third kappa shape index (κ3) is 1.17. The summed E-state index contributed by atoms with van der Waals surface area (Å²) in [6.45, 7) is 0.248. The highest BCUT2D eigenvalue weighted by atomic mass is 16.6. The van der Waals surface area contributed by atoms with Crippen LogP contribution in [0.4, 0.5) is 4.79 Å². The molecule has 1 heterocycles. The molecule has 0 radical (unpaired) electrons. The van der Waals surface area contributed by atoms with Crippen molar-refractivity contribution in [3.8, 4) is 0 Å². The zero-order valence-electron chi connectivity index (χ0n) is 4.66. The number of hydrogen-bond acceptors (Lipinski definition) is 4. The molecule has 9 heavy (non-hydrogen) atoms. The van der Waals surface area contributed by atoms with Crippen molar-refractivity contribution in [2.75, 3.05) is 6.54 Å². The number of carbonyl (C=O) groups is 2. The van der Waals surface area contributed by atoms with Gasteiger partial charge in [-0.2, -0.15) is 0 Å². The van der Waals surface area contributed by atoms with Gasteiger partial charge in [-0.1, -0.05) is 0 Å². The zero-order chi connectivity index (χ0) is 6.85. The summed E-state index contributed by atoms with van der Waals surface area (Å²) in [7, 11) is 0. The van der Waals surface area contributed by atoms with Gasteiger partial charge in [0.25, 0.3) is 0 Å². The van der Waals surface area contributed by atoms with E-state index in [0.29, 0.717) is 0 Å². The molecule has 50 valence electrons. The van der Waals surface area contributed by atoms with Crippen LogP contribution < -0.4 is 5.84 Å². The molecular weight excluding hydrogens is 124 g/mol. The van der Waals surface area contributed by atoms with Gasteiger partial charge in [-0.05, 0) is 0 Å². The lowest BCUT2D eigenvalue weighted by Gasteiger charge is -2.18. The van der Waals surface area contributed by atoms with Crippen LogP contribution in [0.2, 0.25) is 0 Å². The molecular formula is C4H6N2O3. The summed E-state index contributed by atoms with van der Waals surface area (Å²) in [5.41, 5.74) is 0. The maximum Gasteiger partial charge on any atom is 0.431 e. The van der Waals surface area contributed by atoms with Crippen molar-refractivity contribution < 1.29 is 14.3 Å². The summed E-state index contributed by atoms with van der Waals surface area (Å²) in [5, 5.41) is 0.862. The fraction of sp³-hybridized carbons (Fsp3) is 0.500. The van der Waals surface area contributed by atoms with Crippen LogP contribution >= 0.6 is 0 Å². The first-order chi connectivity index (χ1) is 4.20. The largest absolute Gasteiger partial charge is 0.431 e. The minimum Gasteiger partial charge on any atom is -0.375 e. The molecule has 0 aromatic rings. The van der Waals surface area contributed by atoms with E-state index in [9.17, 15) is 9.59 Å². The number of nitrogens with two attached hydrogens (primary N) is 1. The Morgan fingerprint density at radius 1 is 1.56 bits per heavy atom. The van der Waals surface area contributed by atoms with Crippen molar-refractivity contribution in [3.05, 3.63) is 0 Å². The van der Waals surface area contributed by atoms with Gasteiger partial charge in [-0.25, -0.2) is 15.6 Å². The Morgan fingerprint density at radius 2 is 2.22 bits per heavy atom. The molecule has 5 heteroatoms. The predicted molar refractivity (Wildman–Crippen MR) is 27.0 cm³/mol. The normalized spacial score (nSPS) is 19.9. The third-order valence-corrected chi connectivity index (χ3v) is 0.992. The Hall–Kier alpha value is -1.10. The number of esters is 1. The maximum atomic E-state index is 10.4. The Labute approximate surface area is 51.3 Å². The number of ether oxygens (including phenoxy) is 1. The highest BCUT2D eigenvalue weighted by molar-refractivity contribution is 5.86. The molecule has 0 spiro atoms. The zero-order valence-corrected chi connectivity index (χ0v) is 4.66. The molecule has 1 aliphatic heterocycles. The number of cyclic esters (lactones) is 2. The van der Waals surface area contributed by atoms with Crippen LogP contribution in [0, 0.1) is 0 Å². The van der Waals surface area contributed by atoms with Gasteiger partial charge in [-0.15, -0.1) is 0 Å². The maximum absolute atomic E-state index is 10.4. The second-order valence-electron chi connectivity index (χ2n) is 1.68. The molecule has 1 aliphatic rings. The molecule has 0 unspecified atom stereocenters. The van der Waals surface area contributed by atoms with Crippen LogP contribution in [0.1, 0.15) is 6.42 Å². The van der Waals surface area contributed by atoms with E-state index in [4.69, 9.17) is 5.84 Å². The van der Waals surface area contributed by atoms with E-state index in [1.165, 1.54) is 0 Å². The molecule has 0 aliphatic carbocycles. The monoisotopic (exact) mass is 130 g/mol. The number of carbonyl (C=O) groups excluding carboxylic acids is 2. The summed E-state index contributed by atoms with van der Waals surface area (Å²) in [6, 6.07) is 0. The van der Waals surface area contributed by atoms with Crippen LogP contribution in [0.3, 0.4) is 0 Å². The lowest BCUT2D eigenvalue weighted by Crippen LogP contribution is -2.44. The quantitative estimate of drug-likeness (QED) is 0.202. The van der Waals surface area contributed by atoms with Crippen LogP contribution in [-0.2, 0) is 9.53 Å². The van der Waals surface area contributed by atoms with Gasteiger partial charge in [0.2, 0.25) is 0 Å². The van der Waals surface area contributed by atoms with Gasteiger partial charge in [0.15, 0.2) is 0 Å². The second-order valence-corrected chi connectivity index (χ2v) is 1.68. The Balaban J connectivity index is 2.54. The first-order valence-electron chi connectivity index (χ1n) is 2.47. The van der Waals surface area contributed by atoms with Gasteiger partial charge in [0.1, 0.15) is 0 Å². The first-order valence-corrected chi connectivity index (χ1v) is 2.47. The average molecular weight is 130 g/mol. The standard InChI is InChI=1S/C4H6N2O3/c5-6-2-1-3(7)9-4(6)8/h1-2,5H2.